The molecule has 0 spiro atoms. The Morgan fingerprint density at radius 1 is 1.38 bits per heavy atom. The van der Waals surface area contributed by atoms with Gasteiger partial charge in [-0.1, -0.05) is 0 Å². The highest BCUT2D eigenvalue weighted by Crippen LogP contribution is 2.29. The molecule has 4 heteroatoms. The molecule has 16 heavy (non-hydrogen) atoms. The minimum absolute atomic E-state index is 0.255. The predicted octanol–water partition coefficient (Wildman–Crippen LogP) is 3.03. The summed E-state index contributed by atoms with van der Waals surface area (Å²) in [6, 6.07) is 8.52. The number of nitriles is 1. The Balaban J connectivity index is 2.12. The second kappa shape index (κ2) is 4.75. The summed E-state index contributed by atoms with van der Waals surface area (Å²) in [5, 5.41) is 12.5. The van der Waals surface area contributed by atoms with Crippen LogP contribution in [-0.2, 0) is 0 Å². The zero-order chi connectivity index (χ0) is 11.4. The molecule has 1 unspecified atom stereocenters. The van der Waals surface area contributed by atoms with Crippen molar-refractivity contribution < 1.29 is 4.39 Å². The molecule has 1 aliphatic rings. The second-order valence-corrected chi connectivity index (χ2v) is 5.09. The van der Waals surface area contributed by atoms with Crippen molar-refractivity contribution in [1.29, 1.82) is 5.26 Å². The first-order valence-electron chi connectivity index (χ1n) is 5.27. The summed E-state index contributed by atoms with van der Waals surface area (Å²) in [5.41, 5.74) is 0.325. The predicted molar refractivity (Wildman–Crippen MR) is 64.9 cm³/mol. The van der Waals surface area contributed by atoms with E-state index in [0.717, 1.165) is 30.0 Å². The van der Waals surface area contributed by atoms with Crippen LogP contribution in [0.2, 0.25) is 0 Å². The number of thioether (sulfide) groups is 1. The minimum Gasteiger partial charge on any atom is -0.367 e. The SMILES string of the molecule is N#CC1(Nc2ccc(F)cc2)CCCSC1. The van der Waals surface area contributed by atoms with Gasteiger partial charge in [0.25, 0.3) is 0 Å². The third-order valence-corrected chi connectivity index (χ3v) is 3.96. The average molecular weight is 236 g/mol. The fourth-order valence-electron chi connectivity index (χ4n) is 1.82. The van der Waals surface area contributed by atoms with E-state index in [1.54, 1.807) is 23.9 Å². The maximum absolute atomic E-state index is 12.7. The van der Waals surface area contributed by atoms with Crippen LogP contribution in [0.4, 0.5) is 10.1 Å². The highest BCUT2D eigenvalue weighted by molar-refractivity contribution is 7.99. The number of anilines is 1. The van der Waals surface area contributed by atoms with E-state index < -0.39 is 5.54 Å². The fourth-order valence-corrected chi connectivity index (χ4v) is 2.94. The summed E-state index contributed by atoms with van der Waals surface area (Å²) >= 11 is 1.79. The molecule has 1 atom stereocenters. The maximum atomic E-state index is 12.7. The molecule has 1 fully saturated rings. The number of rotatable bonds is 2. The monoisotopic (exact) mass is 236 g/mol. The van der Waals surface area contributed by atoms with Crippen LogP contribution in [0.25, 0.3) is 0 Å². The van der Waals surface area contributed by atoms with Crippen LogP contribution in [0.1, 0.15) is 12.8 Å². The first kappa shape index (κ1) is 11.3. The molecule has 0 aromatic heterocycles. The second-order valence-electron chi connectivity index (χ2n) is 3.98. The van der Waals surface area contributed by atoms with Crippen molar-refractivity contribution in [3.63, 3.8) is 0 Å². The van der Waals surface area contributed by atoms with Crippen molar-refractivity contribution in [3.8, 4) is 6.07 Å². The number of hydrogen-bond acceptors (Lipinski definition) is 3. The van der Waals surface area contributed by atoms with Gasteiger partial charge >= 0.3 is 0 Å². The summed E-state index contributed by atoms with van der Waals surface area (Å²) in [6.07, 6.45) is 1.90. The minimum atomic E-state index is -0.485. The topological polar surface area (TPSA) is 35.8 Å². The maximum Gasteiger partial charge on any atom is 0.134 e. The van der Waals surface area contributed by atoms with Gasteiger partial charge in [0.1, 0.15) is 11.4 Å². The summed E-state index contributed by atoms with van der Waals surface area (Å²) in [6.45, 7) is 0. The molecule has 0 bridgehead atoms. The van der Waals surface area contributed by atoms with E-state index in [9.17, 15) is 9.65 Å². The Hall–Kier alpha value is -1.21. The lowest BCUT2D eigenvalue weighted by molar-refractivity contribution is 0.575. The molecular formula is C12H13FN2S. The summed E-state index contributed by atoms with van der Waals surface area (Å²) in [7, 11) is 0. The van der Waals surface area contributed by atoms with E-state index in [1.165, 1.54) is 12.1 Å². The molecular weight excluding hydrogens is 223 g/mol. The lowest BCUT2D eigenvalue weighted by Crippen LogP contribution is -2.41. The zero-order valence-electron chi connectivity index (χ0n) is 8.87. The summed E-state index contributed by atoms with van der Waals surface area (Å²) in [5.74, 6) is 1.66. The van der Waals surface area contributed by atoms with Crippen LogP contribution in [0.5, 0.6) is 0 Å². The first-order chi connectivity index (χ1) is 7.74. The van der Waals surface area contributed by atoms with Gasteiger partial charge in [-0.2, -0.15) is 17.0 Å². The van der Waals surface area contributed by atoms with Crippen molar-refractivity contribution in [2.45, 2.75) is 18.4 Å². The van der Waals surface area contributed by atoms with Crippen molar-refractivity contribution >= 4 is 17.4 Å². The lowest BCUT2D eigenvalue weighted by atomic mass is 9.97. The molecule has 1 heterocycles. The van der Waals surface area contributed by atoms with Crippen LogP contribution < -0.4 is 5.32 Å². The zero-order valence-corrected chi connectivity index (χ0v) is 9.69. The molecule has 1 aromatic rings. The Morgan fingerprint density at radius 2 is 2.12 bits per heavy atom. The standard InChI is InChI=1S/C12H13FN2S/c13-10-2-4-11(5-3-10)15-12(8-14)6-1-7-16-9-12/h2-5,15H,1,6-7,9H2. The number of nitrogens with one attached hydrogen (secondary N) is 1. The fraction of sp³-hybridized carbons (Fsp3) is 0.417. The van der Waals surface area contributed by atoms with E-state index in [2.05, 4.69) is 11.4 Å². The molecule has 0 radical (unpaired) electrons. The van der Waals surface area contributed by atoms with Crippen molar-refractivity contribution in [3.05, 3.63) is 30.1 Å². The molecule has 0 aliphatic carbocycles. The summed E-state index contributed by atoms with van der Waals surface area (Å²) in [4.78, 5) is 0. The molecule has 84 valence electrons. The van der Waals surface area contributed by atoms with Gasteiger partial charge in [-0.25, -0.2) is 4.39 Å². The molecule has 2 rings (SSSR count). The smallest absolute Gasteiger partial charge is 0.134 e. The Labute approximate surface area is 98.8 Å². The highest BCUT2D eigenvalue weighted by atomic mass is 32.2. The largest absolute Gasteiger partial charge is 0.367 e. The molecule has 1 aliphatic heterocycles. The molecule has 0 amide bonds. The van der Waals surface area contributed by atoms with Crippen LogP contribution in [-0.4, -0.2) is 17.0 Å². The highest BCUT2D eigenvalue weighted by Gasteiger charge is 2.32. The van der Waals surface area contributed by atoms with Gasteiger partial charge in [0.2, 0.25) is 0 Å². The molecule has 1 N–H and O–H groups in total. The molecule has 1 aromatic carbocycles. The Bertz CT molecular complexity index is 390. The van der Waals surface area contributed by atoms with Crippen LogP contribution >= 0.6 is 11.8 Å². The molecule has 1 saturated heterocycles. The third-order valence-electron chi connectivity index (χ3n) is 2.68. The van der Waals surface area contributed by atoms with Gasteiger partial charge in [0.15, 0.2) is 0 Å². The van der Waals surface area contributed by atoms with Gasteiger partial charge in [-0.15, -0.1) is 0 Å². The number of hydrogen-bond donors (Lipinski definition) is 1. The Kier molecular flexibility index (Phi) is 3.35. The quantitative estimate of drug-likeness (QED) is 0.857. The molecule has 2 nitrogen and oxygen atoms in total. The van der Waals surface area contributed by atoms with E-state index in [4.69, 9.17) is 0 Å². The number of halogens is 1. The van der Waals surface area contributed by atoms with E-state index in [-0.39, 0.29) is 5.82 Å². The number of nitrogens with zero attached hydrogens (tertiary/aromatic N) is 1. The van der Waals surface area contributed by atoms with Crippen molar-refractivity contribution in [2.24, 2.45) is 0 Å². The van der Waals surface area contributed by atoms with E-state index in [0.29, 0.717) is 0 Å². The molecule has 0 saturated carbocycles. The van der Waals surface area contributed by atoms with E-state index >= 15 is 0 Å². The van der Waals surface area contributed by atoms with Gasteiger partial charge in [-0.05, 0) is 42.9 Å². The van der Waals surface area contributed by atoms with Crippen LogP contribution in [0.3, 0.4) is 0 Å². The lowest BCUT2D eigenvalue weighted by Gasteiger charge is -2.32. The van der Waals surface area contributed by atoms with Gasteiger partial charge in [0, 0.05) is 11.4 Å². The third kappa shape index (κ3) is 2.48. The number of benzene rings is 1. The normalized spacial score (nSPS) is 24.8. The van der Waals surface area contributed by atoms with Crippen LogP contribution in [0, 0.1) is 17.1 Å². The van der Waals surface area contributed by atoms with E-state index in [1.807, 2.05) is 0 Å². The summed E-state index contributed by atoms with van der Waals surface area (Å²) < 4.78 is 12.7. The van der Waals surface area contributed by atoms with Gasteiger partial charge < -0.3 is 5.32 Å². The van der Waals surface area contributed by atoms with Crippen molar-refractivity contribution in [1.82, 2.24) is 0 Å². The first-order valence-corrected chi connectivity index (χ1v) is 6.42. The van der Waals surface area contributed by atoms with Gasteiger partial charge in [0.05, 0.1) is 6.07 Å². The van der Waals surface area contributed by atoms with Gasteiger partial charge in [-0.3, -0.25) is 0 Å². The Morgan fingerprint density at radius 3 is 2.69 bits per heavy atom. The van der Waals surface area contributed by atoms with Crippen LogP contribution in [0.15, 0.2) is 24.3 Å². The van der Waals surface area contributed by atoms with Crippen molar-refractivity contribution in [2.75, 3.05) is 16.8 Å². The average Bonchev–Trinajstić information content (AvgIpc) is 2.33.